The molecule has 0 bridgehead atoms. The van der Waals surface area contributed by atoms with E-state index in [2.05, 4.69) is 10.6 Å². The second-order valence-corrected chi connectivity index (χ2v) is 5.32. The second kappa shape index (κ2) is 6.39. The summed E-state index contributed by atoms with van der Waals surface area (Å²) >= 11 is 0. The molecule has 22 heavy (non-hydrogen) atoms. The van der Waals surface area contributed by atoms with E-state index in [-0.39, 0.29) is 24.4 Å². The molecule has 1 aliphatic heterocycles. The smallest absolute Gasteiger partial charge is 0.222 e. The maximum Gasteiger partial charge on any atom is 0.222 e. The first-order valence-electron chi connectivity index (χ1n) is 7.28. The molecule has 112 valence electrons. The molecule has 0 unspecified atom stereocenters. The van der Waals surface area contributed by atoms with Crippen molar-refractivity contribution in [3.63, 3.8) is 0 Å². The second-order valence-electron chi connectivity index (χ2n) is 5.32. The summed E-state index contributed by atoms with van der Waals surface area (Å²) in [6.45, 7) is 0.373. The average molecular weight is 295 g/mol. The zero-order chi connectivity index (χ0) is 15.4. The van der Waals surface area contributed by atoms with Crippen molar-refractivity contribution in [2.45, 2.75) is 18.5 Å². The highest BCUT2D eigenvalue weighted by Gasteiger charge is 2.33. The maximum absolute atomic E-state index is 12.0. The SMILES string of the molecule is O=NN1[C@H](c2ccccc2)CNC(=O)C[C@H]1c1ccccc1. The van der Waals surface area contributed by atoms with Gasteiger partial charge < -0.3 is 5.32 Å². The minimum absolute atomic E-state index is 0.0686. The molecule has 2 aromatic rings. The first kappa shape index (κ1) is 14.3. The Morgan fingerprint density at radius 1 is 0.909 bits per heavy atom. The lowest BCUT2D eigenvalue weighted by Crippen LogP contribution is -2.30. The van der Waals surface area contributed by atoms with E-state index in [0.717, 1.165) is 11.1 Å². The molecule has 5 nitrogen and oxygen atoms in total. The summed E-state index contributed by atoms with van der Waals surface area (Å²) in [6, 6.07) is 18.6. The molecule has 1 saturated heterocycles. The van der Waals surface area contributed by atoms with E-state index in [9.17, 15) is 9.70 Å². The number of rotatable bonds is 3. The van der Waals surface area contributed by atoms with Crippen LogP contribution in [0.5, 0.6) is 0 Å². The van der Waals surface area contributed by atoms with Crippen LogP contribution in [-0.4, -0.2) is 17.5 Å². The molecule has 5 heteroatoms. The van der Waals surface area contributed by atoms with Crippen LogP contribution >= 0.6 is 0 Å². The van der Waals surface area contributed by atoms with Crippen molar-refractivity contribution >= 4 is 5.91 Å². The van der Waals surface area contributed by atoms with Crippen LogP contribution in [0.25, 0.3) is 0 Å². The predicted molar refractivity (Wildman–Crippen MR) is 83.6 cm³/mol. The zero-order valence-corrected chi connectivity index (χ0v) is 12.1. The Morgan fingerprint density at radius 2 is 1.45 bits per heavy atom. The van der Waals surface area contributed by atoms with E-state index in [4.69, 9.17) is 0 Å². The van der Waals surface area contributed by atoms with E-state index in [1.807, 2.05) is 60.7 Å². The molecule has 1 heterocycles. The highest BCUT2D eigenvalue weighted by atomic mass is 16.3. The first-order chi connectivity index (χ1) is 10.8. The number of carbonyl (C=O) groups excluding carboxylic acids is 1. The summed E-state index contributed by atoms with van der Waals surface area (Å²) in [4.78, 5) is 23.5. The molecule has 0 spiro atoms. The normalized spacial score (nSPS) is 21.8. The summed E-state index contributed by atoms with van der Waals surface area (Å²) in [5.41, 5.74) is 1.88. The molecular weight excluding hydrogens is 278 g/mol. The fraction of sp³-hybridized carbons (Fsp3) is 0.235. The highest BCUT2D eigenvalue weighted by Crippen LogP contribution is 2.34. The van der Waals surface area contributed by atoms with Gasteiger partial charge in [0.2, 0.25) is 5.91 Å². The fourth-order valence-corrected chi connectivity index (χ4v) is 2.87. The van der Waals surface area contributed by atoms with Gasteiger partial charge in [-0.1, -0.05) is 60.7 Å². The highest BCUT2D eigenvalue weighted by molar-refractivity contribution is 5.77. The number of hydrogen-bond donors (Lipinski definition) is 1. The summed E-state index contributed by atoms with van der Waals surface area (Å²) in [7, 11) is 0. The minimum atomic E-state index is -0.355. The van der Waals surface area contributed by atoms with Crippen LogP contribution in [0.15, 0.2) is 65.9 Å². The summed E-state index contributed by atoms with van der Waals surface area (Å²) < 4.78 is 0. The third-order valence-corrected chi connectivity index (χ3v) is 3.97. The maximum atomic E-state index is 12.0. The molecule has 0 saturated carbocycles. The molecule has 0 aliphatic carbocycles. The van der Waals surface area contributed by atoms with Crippen LogP contribution in [0.1, 0.15) is 29.6 Å². The van der Waals surface area contributed by atoms with E-state index in [0.29, 0.717) is 6.54 Å². The number of nitrogens with zero attached hydrogens (tertiary/aromatic N) is 2. The van der Waals surface area contributed by atoms with E-state index < -0.39 is 0 Å². The Balaban J connectivity index is 2.00. The van der Waals surface area contributed by atoms with Crippen molar-refractivity contribution < 1.29 is 4.79 Å². The van der Waals surface area contributed by atoms with Crippen molar-refractivity contribution in [3.8, 4) is 0 Å². The number of benzene rings is 2. The summed E-state index contributed by atoms with van der Waals surface area (Å²) in [5, 5.41) is 7.63. The molecule has 0 aromatic heterocycles. The predicted octanol–water partition coefficient (Wildman–Crippen LogP) is 2.97. The molecule has 1 fully saturated rings. The molecule has 1 amide bonds. The van der Waals surface area contributed by atoms with Gasteiger partial charge in [-0.15, -0.1) is 4.91 Å². The minimum Gasteiger partial charge on any atom is -0.354 e. The zero-order valence-electron chi connectivity index (χ0n) is 12.1. The first-order valence-corrected chi connectivity index (χ1v) is 7.28. The van der Waals surface area contributed by atoms with E-state index >= 15 is 0 Å². The molecular formula is C17H17N3O2. The van der Waals surface area contributed by atoms with Crippen molar-refractivity contribution in [1.29, 1.82) is 0 Å². The van der Waals surface area contributed by atoms with Gasteiger partial charge in [0.25, 0.3) is 0 Å². The van der Waals surface area contributed by atoms with E-state index in [1.165, 1.54) is 5.01 Å². The monoisotopic (exact) mass is 295 g/mol. The van der Waals surface area contributed by atoms with Crippen molar-refractivity contribution in [2.24, 2.45) is 5.29 Å². The Hall–Kier alpha value is -2.69. The molecule has 2 aromatic carbocycles. The van der Waals surface area contributed by atoms with Crippen molar-refractivity contribution in [1.82, 2.24) is 10.3 Å². The fourth-order valence-electron chi connectivity index (χ4n) is 2.87. The quantitative estimate of drug-likeness (QED) is 0.885. The van der Waals surface area contributed by atoms with Crippen molar-refractivity contribution in [3.05, 3.63) is 76.7 Å². The number of nitroso groups, excluding NO2 is 1. The molecule has 1 aliphatic rings. The van der Waals surface area contributed by atoms with Gasteiger partial charge >= 0.3 is 0 Å². The van der Waals surface area contributed by atoms with Gasteiger partial charge in [-0.25, -0.2) is 5.01 Å². The van der Waals surface area contributed by atoms with Crippen LogP contribution in [0.4, 0.5) is 0 Å². The Morgan fingerprint density at radius 3 is 2.00 bits per heavy atom. The van der Waals surface area contributed by atoms with E-state index in [1.54, 1.807) is 0 Å². The van der Waals surface area contributed by atoms with Crippen molar-refractivity contribution in [2.75, 3.05) is 6.54 Å². The van der Waals surface area contributed by atoms with Gasteiger partial charge in [-0.3, -0.25) is 4.79 Å². The van der Waals surface area contributed by atoms with Gasteiger partial charge in [-0.2, -0.15) is 0 Å². The largest absolute Gasteiger partial charge is 0.354 e. The summed E-state index contributed by atoms with van der Waals surface area (Å²) in [5.74, 6) is -0.0686. The molecule has 1 N–H and O–H groups in total. The Kier molecular flexibility index (Phi) is 4.14. The number of nitrogens with one attached hydrogen (secondary N) is 1. The lowest BCUT2D eigenvalue weighted by atomic mass is 10.0. The van der Waals surface area contributed by atoms with Gasteiger partial charge in [0.15, 0.2) is 0 Å². The molecule has 3 rings (SSSR count). The molecule has 2 atom stereocenters. The number of carbonyl (C=O) groups is 1. The standard InChI is InChI=1S/C17H17N3O2/c21-17-11-15(13-7-3-1-4-8-13)20(19-22)16(12-18-17)14-9-5-2-6-10-14/h1-10,15-16H,11-12H2,(H,18,21)/t15-,16-/m0/s1. The van der Waals surface area contributed by atoms with Gasteiger partial charge in [-0.05, 0) is 11.1 Å². The summed E-state index contributed by atoms with van der Waals surface area (Å²) in [6.07, 6.45) is 0.221. The number of hydrogen-bond acceptors (Lipinski definition) is 3. The molecule has 0 radical (unpaired) electrons. The topological polar surface area (TPSA) is 61.8 Å². The third kappa shape index (κ3) is 2.83. The van der Waals surface area contributed by atoms with Gasteiger partial charge in [0.1, 0.15) is 0 Å². The Bertz CT molecular complexity index is 645. The van der Waals surface area contributed by atoms with Gasteiger partial charge in [0, 0.05) is 6.54 Å². The third-order valence-electron chi connectivity index (χ3n) is 3.97. The lowest BCUT2D eigenvalue weighted by molar-refractivity contribution is -0.121. The lowest BCUT2D eigenvalue weighted by Gasteiger charge is -2.30. The average Bonchev–Trinajstić information content (AvgIpc) is 2.75. The van der Waals surface area contributed by atoms with Crippen LogP contribution < -0.4 is 5.32 Å². The van der Waals surface area contributed by atoms with Crippen LogP contribution in [0.3, 0.4) is 0 Å². The van der Waals surface area contributed by atoms with Crippen LogP contribution in [-0.2, 0) is 4.79 Å². The number of amides is 1. The van der Waals surface area contributed by atoms with Crippen LogP contribution in [0.2, 0.25) is 0 Å². The van der Waals surface area contributed by atoms with Gasteiger partial charge in [0.05, 0.1) is 23.8 Å². The van der Waals surface area contributed by atoms with Crippen LogP contribution in [0, 0.1) is 4.91 Å². The Labute approximate surface area is 128 Å².